The molecule has 0 radical (unpaired) electrons. The molecule has 0 saturated carbocycles. The maximum atomic E-state index is 12.6. The summed E-state index contributed by atoms with van der Waals surface area (Å²) in [6, 6.07) is 7.89. The monoisotopic (exact) mass is 381 g/mol. The van der Waals surface area contributed by atoms with Gasteiger partial charge in [0.1, 0.15) is 4.83 Å². The summed E-state index contributed by atoms with van der Waals surface area (Å²) in [5, 5.41) is 4.98. The van der Waals surface area contributed by atoms with E-state index in [2.05, 4.69) is 10.3 Å². The van der Waals surface area contributed by atoms with E-state index in [-0.39, 0.29) is 29.1 Å². The van der Waals surface area contributed by atoms with Crippen LogP contribution in [0.25, 0.3) is 10.2 Å². The van der Waals surface area contributed by atoms with E-state index in [1.54, 1.807) is 23.6 Å². The molecule has 0 aliphatic heterocycles. The number of nitrogens with zero attached hydrogens (tertiary/aromatic N) is 2. The van der Waals surface area contributed by atoms with Crippen molar-refractivity contribution in [1.82, 2.24) is 14.9 Å². The van der Waals surface area contributed by atoms with Crippen LogP contribution in [-0.2, 0) is 6.54 Å². The first-order valence-corrected chi connectivity index (χ1v) is 9.07. The average Bonchev–Trinajstić information content (AvgIpc) is 3.06. The zero-order valence-corrected chi connectivity index (χ0v) is 14.4. The first kappa shape index (κ1) is 17.6. The van der Waals surface area contributed by atoms with Crippen molar-refractivity contribution in [2.45, 2.75) is 17.2 Å². The van der Waals surface area contributed by atoms with E-state index in [9.17, 15) is 18.4 Å². The largest absolute Gasteiger partial charge is 0.350 e. The van der Waals surface area contributed by atoms with Gasteiger partial charge in [-0.25, -0.2) is 4.98 Å². The lowest BCUT2D eigenvalue weighted by atomic mass is 10.2. The number of carbonyl (C=O) groups excluding carboxylic acids is 1. The minimum absolute atomic E-state index is 0.172. The molecule has 2 heterocycles. The van der Waals surface area contributed by atoms with E-state index >= 15 is 0 Å². The molecular weight excluding hydrogens is 368 g/mol. The third kappa shape index (κ3) is 4.05. The standard InChI is InChI=1S/C16H13F2N3O2S2/c17-16(18)25-12-4-2-1-3-10(12)13(22)19-6-7-21-9-20-14-11(15(21)23)5-8-24-14/h1-5,8-9,16H,6-7H2,(H,19,22). The summed E-state index contributed by atoms with van der Waals surface area (Å²) in [7, 11) is 0. The smallest absolute Gasteiger partial charge is 0.288 e. The number of rotatable bonds is 6. The van der Waals surface area contributed by atoms with Gasteiger partial charge in [0.2, 0.25) is 0 Å². The molecule has 0 atom stereocenters. The highest BCUT2D eigenvalue weighted by Crippen LogP contribution is 2.28. The lowest BCUT2D eigenvalue weighted by molar-refractivity contribution is 0.0949. The van der Waals surface area contributed by atoms with Crippen LogP contribution >= 0.6 is 23.1 Å². The summed E-state index contributed by atoms with van der Waals surface area (Å²) in [6.45, 7) is 0.428. The lowest BCUT2D eigenvalue weighted by Gasteiger charge is -2.10. The first-order valence-electron chi connectivity index (χ1n) is 7.31. The fraction of sp³-hybridized carbons (Fsp3) is 0.188. The van der Waals surface area contributed by atoms with Gasteiger partial charge in [-0.15, -0.1) is 11.3 Å². The van der Waals surface area contributed by atoms with Crippen molar-refractivity contribution in [3.05, 3.63) is 58.0 Å². The van der Waals surface area contributed by atoms with Gasteiger partial charge in [-0.1, -0.05) is 23.9 Å². The Morgan fingerprint density at radius 2 is 2.12 bits per heavy atom. The van der Waals surface area contributed by atoms with Crippen LogP contribution in [0.1, 0.15) is 10.4 Å². The number of benzene rings is 1. The fourth-order valence-corrected chi connectivity index (χ4v) is 3.65. The van der Waals surface area contributed by atoms with Crippen LogP contribution in [0.5, 0.6) is 0 Å². The maximum Gasteiger partial charge on any atom is 0.288 e. The van der Waals surface area contributed by atoms with E-state index in [4.69, 9.17) is 0 Å². The second-order valence-electron chi connectivity index (χ2n) is 5.01. The SMILES string of the molecule is O=C(NCCn1cnc2sccc2c1=O)c1ccccc1SC(F)F. The molecule has 1 amide bonds. The number of hydrogen-bond acceptors (Lipinski definition) is 5. The van der Waals surface area contributed by atoms with Crippen molar-refractivity contribution in [2.75, 3.05) is 6.54 Å². The number of thiophene rings is 1. The maximum absolute atomic E-state index is 12.6. The van der Waals surface area contributed by atoms with Gasteiger partial charge in [0.15, 0.2) is 0 Å². The predicted octanol–water partition coefficient (Wildman–Crippen LogP) is 3.20. The molecule has 1 aromatic carbocycles. The Hall–Kier alpha value is -2.26. The van der Waals surface area contributed by atoms with Crippen molar-refractivity contribution in [3.8, 4) is 0 Å². The Bertz CT molecular complexity index is 956. The molecule has 3 aromatic rings. The number of fused-ring (bicyclic) bond motifs is 1. The number of halogens is 2. The van der Waals surface area contributed by atoms with Crippen molar-refractivity contribution in [2.24, 2.45) is 0 Å². The molecule has 0 spiro atoms. The molecule has 0 saturated heterocycles. The van der Waals surface area contributed by atoms with Gasteiger partial charge in [0.25, 0.3) is 17.2 Å². The number of nitrogens with one attached hydrogen (secondary N) is 1. The highest BCUT2D eigenvalue weighted by Gasteiger charge is 2.15. The molecule has 5 nitrogen and oxygen atoms in total. The predicted molar refractivity (Wildman–Crippen MR) is 94.5 cm³/mol. The highest BCUT2D eigenvalue weighted by atomic mass is 32.2. The van der Waals surface area contributed by atoms with Gasteiger partial charge >= 0.3 is 0 Å². The van der Waals surface area contributed by atoms with Gasteiger partial charge in [0.05, 0.1) is 17.3 Å². The average molecular weight is 381 g/mol. The quantitative estimate of drug-likeness (QED) is 0.666. The zero-order chi connectivity index (χ0) is 17.8. The molecule has 0 aliphatic carbocycles. The molecule has 9 heteroatoms. The topological polar surface area (TPSA) is 64.0 Å². The van der Waals surface area contributed by atoms with Gasteiger partial charge in [-0.3, -0.25) is 14.2 Å². The van der Waals surface area contributed by atoms with Crippen LogP contribution in [-0.4, -0.2) is 27.8 Å². The molecule has 0 fully saturated rings. The summed E-state index contributed by atoms with van der Waals surface area (Å²) < 4.78 is 26.6. The molecule has 1 N–H and O–H groups in total. The van der Waals surface area contributed by atoms with Crippen LogP contribution in [0.15, 0.2) is 51.7 Å². The molecule has 0 bridgehead atoms. The van der Waals surface area contributed by atoms with Crippen LogP contribution in [0.3, 0.4) is 0 Å². The van der Waals surface area contributed by atoms with E-state index in [0.29, 0.717) is 22.0 Å². The van der Waals surface area contributed by atoms with Gasteiger partial charge in [-0.05, 0) is 23.6 Å². The number of alkyl halides is 2. The van der Waals surface area contributed by atoms with Crippen molar-refractivity contribution < 1.29 is 13.6 Å². The number of amides is 1. The summed E-state index contributed by atoms with van der Waals surface area (Å²) in [5.74, 6) is -3.06. The van der Waals surface area contributed by atoms with Crippen molar-refractivity contribution >= 4 is 39.2 Å². The van der Waals surface area contributed by atoms with E-state index in [1.165, 1.54) is 34.4 Å². The lowest BCUT2D eigenvalue weighted by Crippen LogP contribution is -2.31. The third-order valence-corrected chi connectivity index (χ3v) is 5.05. The Kier molecular flexibility index (Phi) is 5.44. The second kappa shape index (κ2) is 7.75. The second-order valence-corrected chi connectivity index (χ2v) is 6.94. The van der Waals surface area contributed by atoms with Gasteiger partial charge in [-0.2, -0.15) is 8.78 Å². The molecule has 3 rings (SSSR count). The minimum atomic E-state index is -2.60. The molecule has 2 aromatic heterocycles. The minimum Gasteiger partial charge on any atom is -0.350 e. The van der Waals surface area contributed by atoms with E-state index in [0.717, 1.165) is 0 Å². The Labute approximate surface area is 149 Å². The number of thioether (sulfide) groups is 1. The summed E-state index contributed by atoms with van der Waals surface area (Å²) >= 11 is 1.71. The normalized spacial score (nSPS) is 11.2. The zero-order valence-electron chi connectivity index (χ0n) is 12.8. The Morgan fingerprint density at radius 3 is 2.92 bits per heavy atom. The molecule has 25 heavy (non-hydrogen) atoms. The summed E-state index contributed by atoms with van der Waals surface area (Å²) in [5.41, 5.74) is 0.0145. The van der Waals surface area contributed by atoms with E-state index in [1.807, 2.05) is 0 Å². The Balaban J connectivity index is 1.66. The summed E-state index contributed by atoms with van der Waals surface area (Å²) in [6.07, 6.45) is 1.44. The molecule has 130 valence electrons. The molecular formula is C16H13F2N3O2S2. The third-order valence-electron chi connectivity index (χ3n) is 3.44. The number of carbonyl (C=O) groups is 1. The van der Waals surface area contributed by atoms with E-state index < -0.39 is 11.7 Å². The van der Waals surface area contributed by atoms with Crippen LogP contribution in [0.2, 0.25) is 0 Å². The van der Waals surface area contributed by atoms with Gasteiger partial charge < -0.3 is 5.32 Å². The Morgan fingerprint density at radius 1 is 1.32 bits per heavy atom. The first-order chi connectivity index (χ1) is 12.1. The highest BCUT2D eigenvalue weighted by molar-refractivity contribution is 7.99. The van der Waals surface area contributed by atoms with Gasteiger partial charge in [0, 0.05) is 18.0 Å². The molecule has 0 unspecified atom stereocenters. The van der Waals surface area contributed by atoms with Crippen molar-refractivity contribution in [3.63, 3.8) is 0 Å². The summed E-state index contributed by atoms with van der Waals surface area (Å²) in [4.78, 5) is 29.5. The fourth-order valence-electron chi connectivity index (χ4n) is 2.29. The molecule has 0 aliphatic rings. The van der Waals surface area contributed by atoms with Crippen LogP contribution in [0, 0.1) is 0 Å². The van der Waals surface area contributed by atoms with Crippen LogP contribution < -0.4 is 10.9 Å². The van der Waals surface area contributed by atoms with Crippen molar-refractivity contribution in [1.29, 1.82) is 0 Å². The number of hydrogen-bond donors (Lipinski definition) is 1. The van der Waals surface area contributed by atoms with Crippen LogP contribution in [0.4, 0.5) is 8.78 Å². The number of aromatic nitrogens is 2.